The molecule has 0 saturated carbocycles. The van der Waals surface area contributed by atoms with Crippen LogP contribution < -0.4 is 38.1 Å². The van der Waals surface area contributed by atoms with Gasteiger partial charge in [0, 0.05) is 29.3 Å². The fraction of sp³-hybridized carbons (Fsp3) is 0.486. The molecule has 0 aliphatic heterocycles. The second kappa shape index (κ2) is 22.0. The number of amides is 5. The van der Waals surface area contributed by atoms with Crippen molar-refractivity contribution in [2.24, 2.45) is 11.5 Å². The molecule has 8 atom stereocenters. The minimum Gasteiger partial charge on any atom is -0.394 e. The number of aliphatic hydroxyl groups excluding tert-OH is 3. The zero-order valence-electron chi connectivity index (χ0n) is 30.5. The third kappa shape index (κ3) is 13.1. The van der Waals surface area contributed by atoms with Crippen LogP contribution in [0.25, 0.3) is 10.9 Å². The van der Waals surface area contributed by atoms with E-state index in [1.165, 1.54) is 13.8 Å². The first-order valence-corrected chi connectivity index (χ1v) is 18.6. The number of H-pyrrole nitrogens is 1. The van der Waals surface area contributed by atoms with Crippen molar-refractivity contribution >= 4 is 53.1 Å². The number of hydrogen-bond donors (Lipinski definition) is 12. The average Bonchev–Trinajstić information content (AvgIpc) is 3.56. The number of nitrogens with one attached hydrogen (secondary N) is 6. The minimum absolute atomic E-state index is 0.0505. The summed E-state index contributed by atoms with van der Waals surface area (Å²) in [7, 11) is 0. The minimum atomic E-state index is -1.57. The van der Waals surface area contributed by atoms with Gasteiger partial charge in [0.1, 0.15) is 24.2 Å². The maximum atomic E-state index is 14.0. The summed E-state index contributed by atoms with van der Waals surface area (Å²) in [5.74, 6) is -3.93. The highest BCUT2D eigenvalue weighted by molar-refractivity contribution is 7.80. The summed E-state index contributed by atoms with van der Waals surface area (Å²) in [6.45, 7) is 2.39. The molecule has 5 amide bonds. The molecule has 0 aliphatic rings. The highest BCUT2D eigenvalue weighted by Crippen LogP contribution is 2.19. The van der Waals surface area contributed by atoms with Gasteiger partial charge in [-0.15, -0.1) is 0 Å². The number of thiol groups is 1. The van der Waals surface area contributed by atoms with Crippen LogP contribution in [0.5, 0.6) is 0 Å². The number of hydrogen-bond acceptors (Lipinski definition) is 11. The van der Waals surface area contributed by atoms with Crippen molar-refractivity contribution in [2.45, 2.75) is 94.4 Å². The molecule has 0 radical (unpaired) electrons. The van der Waals surface area contributed by atoms with Crippen molar-refractivity contribution in [3.05, 3.63) is 71.9 Å². The molecule has 13 N–H and O–H groups in total. The van der Waals surface area contributed by atoms with E-state index in [9.17, 15) is 39.3 Å². The van der Waals surface area contributed by atoms with Crippen molar-refractivity contribution < 1.29 is 39.3 Å². The van der Waals surface area contributed by atoms with Gasteiger partial charge in [0.05, 0.1) is 30.9 Å². The standard InChI is InChI=1S/C37H54N8O8S/c1-21(47)30(19-46)43-36(52)31(20-54)44-37(53)32(22(2)48)45-34(50)28(14-8-9-15-38)41-35(51)29(17-24-18-40-27-13-7-6-12-25(24)27)42-33(49)26(39)16-23-10-4-3-5-11-23/h3-7,10-13,18,21-22,26,28-32,40,46-48,54H,8-9,14-17,19-20,38-39H2,1-2H3,(H,41,51)(H,42,49)(H,43,52)(H,44,53)(H,45,50)/t21-,22-,26+,28+,29-,30-,31+,32+/m1/s1. The van der Waals surface area contributed by atoms with E-state index in [0.29, 0.717) is 19.4 Å². The fourth-order valence-electron chi connectivity index (χ4n) is 5.72. The normalized spacial score (nSPS) is 15.8. The quantitative estimate of drug-likeness (QED) is 0.0416. The molecular weight excluding hydrogens is 717 g/mol. The Hall–Kier alpha value is -4.52. The van der Waals surface area contributed by atoms with E-state index in [2.05, 4.69) is 44.2 Å². The monoisotopic (exact) mass is 770 g/mol. The number of aromatic amines is 1. The second-order valence-corrected chi connectivity index (χ2v) is 13.6. The molecule has 1 aromatic heterocycles. The van der Waals surface area contributed by atoms with Crippen molar-refractivity contribution in [1.29, 1.82) is 0 Å². The Labute approximate surface area is 320 Å². The SMILES string of the molecule is C[C@@H](O)[C@H](NC(=O)[C@H](CCCCN)NC(=O)[C@@H](Cc1c[nH]c2ccccc12)NC(=O)[C@@H](N)Cc1ccccc1)C(=O)N[C@@H](CS)C(=O)N[C@H](CO)[C@@H](C)O. The highest BCUT2D eigenvalue weighted by Gasteiger charge is 2.34. The van der Waals surface area contributed by atoms with E-state index in [4.69, 9.17) is 11.5 Å². The lowest BCUT2D eigenvalue weighted by molar-refractivity contribution is -0.136. The van der Waals surface area contributed by atoms with Gasteiger partial charge in [-0.3, -0.25) is 24.0 Å². The number of unbranched alkanes of at least 4 members (excludes halogenated alkanes) is 1. The molecule has 54 heavy (non-hydrogen) atoms. The molecule has 0 unspecified atom stereocenters. The van der Waals surface area contributed by atoms with Gasteiger partial charge in [0.15, 0.2) is 0 Å². The number of rotatable bonds is 22. The maximum absolute atomic E-state index is 14.0. The van der Waals surface area contributed by atoms with Gasteiger partial charge in [0.2, 0.25) is 29.5 Å². The first-order chi connectivity index (χ1) is 25.8. The largest absolute Gasteiger partial charge is 0.394 e. The van der Waals surface area contributed by atoms with Crippen LogP contribution in [0.2, 0.25) is 0 Å². The molecule has 1 heterocycles. The second-order valence-electron chi connectivity index (χ2n) is 13.3. The van der Waals surface area contributed by atoms with Crippen LogP contribution in [0.3, 0.4) is 0 Å². The number of carbonyl (C=O) groups excluding carboxylic acids is 5. The number of carbonyl (C=O) groups is 5. The summed E-state index contributed by atoms with van der Waals surface area (Å²) >= 11 is 4.12. The summed E-state index contributed by atoms with van der Waals surface area (Å²) < 4.78 is 0. The van der Waals surface area contributed by atoms with Crippen LogP contribution in [0.15, 0.2) is 60.8 Å². The van der Waals surface area contributed by atoms with Gasteiger partial charge in [-0.25, -0.2) is 0 Å². The van der Waals surface area contributed by atoms with E-state index in [1.807, 2.05) is 54.6 Å². The molecule has 0 bridgehead atoms. The summed E-state index contributed by atoms with van der Waals surface area (Å²) in [5.41, 5.74) is 14.4. The maximum Gasteiger partial charge on any atom is 0.245 e. The Kier molecular flexibility index (Phi) is 17.9. The van der Waals surface area contributed by atoms with E-state index in [0.717, 1.165) is 22.0 Å². The van der Waals surface area contributed by atoms with Crippen LogP contribution in [0.1, 0.15) is 44.2 Å². The molecule has 0 spiro atoms. The van der Waals surface area contributed by atoms with Gasteiger partial charge in [-0.2, -0.15) is 12.6 Å². The zero-order chi connectivity index (χ0) is 39.8. The van der Waals surface area contributed by atoms with Gasteiger partial charge in [-0.05, 0) is 63.3 Å². The van der Waals surface area contributed by atoms with Gasteiger partial charge in [-0.1, -0.05) is 48.5 Å². The summed E-state index contributed by atoms with van der Waals surface area (Å²) in [4.78, 5) is 70.5. The molecule has 3 aromatic rings. The van der Waals surface area contributed by atoms with Crippen LogP contribution in [0.4, 0.5) is 0 Å². The number of aliphatic hydroxyl groups is 3. The summed E-state index contributed by atoms with van der Waals surface area (Å²) in [6, 6.07) is 9.45. The molecule has 2 aromatic carbocycles. The van der Waals surface area contributed by atoms with Gasteiger partial charge < -0.3 is 58.4 Å². The number of aromatic nitrogens is 1. The fourth-order valence-corrected chi connectivity index (χ4v) is 5.98. The Morgan fingerprint density at radius 2 is 1.35 bits per heavy atom. The van der Waals surface area contributed by atoms with Crippen LogP contribution in [-0.4, -0.2) is 117 Å². The number of fused-ring (bicyclic) bond motifs is 1. The third-order valence-electron chi connectivity index (χ3n) is 8.93. The molecule has 17 heteroatoms. The van der Waals surface area contributed by atoms with E-state index >= 15 is 0 Å². The molecular formula is C37H54N8O8S. The van der Waals surface area contributed by atoms with E-state index in [1.54, 1.807) is 6.20 Å². The van der Waals surface area contributed by atoms with Crippen LogP contribution in [0, 0.1) is 0 Å². The third-order valence-corrected chi connectivity index (χ3v) is 9.30. The Morgan fingerprint density at radius 1 is 0.741 bits per heavy atom. The summed E-state index contributed by atoms with van der Waals surface area (Å²) in [6.07, 6.45) is 0.517. The van der Waals surface area contributed by atoms with Crippen LogP contribution in [-0.2, 0) is 36.8 Å². The molecule has 3 rings (SSSR count). The van der Waals surface area contributed by atoms with Gasteiger partial charge >= 0.3 is 0 Å². The number of nitrogens with two attached hydrogens (primary N) is 2. The molecule has 16 nitrogen and oxygen atoms in total. The smallest absolute Gasteiger partial charge is 0.245 e. The Balaban J connectivity index is 1.82. The average molecular weight is 771 g/mol. The molecule has 0 aliphatic carbocycles. The zero-order valence-corrected chi connectivity index (χ0v) is 31.4. The highest BCUT2D eigenvalue weighted by atomic mass is 32.1. The topological polar surface area (TPSA) is 274 Å². The van der Waals surface area contributed by atoms with Gasteiger partial charge in [0.25, 0.3) is 0 Å². The molecule has 0 fully saturated rings. The predicted molar refractivity (Wildman–Crippen MR) is 207 cm³/mol. The van der Waals surface area contributed by atoms with Crippen LogP contribution >= 0.6 is 12.6 Å². The van der Waals surface area contributed by atoms with Crippen molar-refractivity contribution in [3.63, 3.8) is 0 Å². The van der Waals surface area contributed by atoms with E-state index in [-0.39, 0.29) is 25.0 Å². The first-order valence-electron chi connectivity index (χ1n) is 17.9. The Bertz CT molecular complexity index is 1670. The molecule has 0 saturated heterocycles. The molecule has 296 valence electrons. The van der Waals surface area contributed by atoms with Crippen molar-refractivity contribution in [1.82, 2.24) is 31.6 Å². The van der Waals surface area contributed by atoms with Crippen molar-refractivity contribution in [3.8, 4) is 0 Å². The number of para-hydroxylation sites is 1. The lowest BCUT2D eigenvalue weighted by Gasteiger charge is -2.28. The predicted octanol–water partition coefficient (Wildman–Crippen LogP) is -1.48. The van der Waals surface area contributed by atoms with Crippen molar-refractivity contribution in [2.75, 3.05) is 18.9 Å². The lowest BCUT2D eigenvalue weighted by Crippen LogP contribution is -2.62. The summed E-state index contributed by atoms with van der Waals surface area (Å²) in [5, 5.41) is 43.5. The number of benzene rings is 2. The lowest BCUT2D eigenvalue weighted by atomic mass is 10.0. The van der Waals surface area contributed by atoms with E-state index < -0.39 is 84.6 Å². The first kappa shape index (κ1) is 43.9. The Morgan fingerprint density at radius 3 is 1.98 bits per heavy atom.